The zero-order valence-electron chi connectivity index (χ0n) is 36.0. The van der Waals surface area contributed by atoms with Crippen LogP contribution in [0.5, 0.6) is 0 Å². The second-order valence-corrected chi connectivity index (χ2v) is 25.9. The fourth-order valence-corrected chi connectivity index (χ4v) is 8.71. The number of nitrogens with one attached hydrogen (secondary N) is 3. The van der Waals surface area contributed by atoms with Gasteiger partial charge in [-0.15, -0.1) is 0 Å². The van der Waals surface area contributed by atoms with Crippen molar-refractivity contribution in [3.05, 3.63) is 94.7 Å². The molecule has 1 atom stereocenters. The van der Waals surface area contributed by atoms with Crippen LogP contribution in [0.1, 0.15) is 59.2 Å². The summed E-state index contributed by atoms with van der Waals surface area (Å²) in [5.74, 6) is -0.773. The van der Waals surface area contributed by atoms with Crippen molar-refractivity contribution in [2.75, 3.05) is 85.3 Å². The smallest absolute Gasteiger partial charge is 0.263 e. The Morgan fingerprint density at radius 2 is 1.67 bits per heavy atom. The Kier molecular flexibility index (Phi) is 18.3. The monoisotopic (exact) mass is 869 g/mol. The number of benzene rings is 2. The molecule has 326 valence electrons. The highest BCUT2D eigenvalue weighted by atomic mass is 32.3. The normalized spacial score (nSPS) is 15.0. The van der Waals surface area contributed by atoms with Gasteiger partial charge in [-0.05, 0) is 91.5 Å². The van der Waals surface area contributed by atoms with Gasteiger partial charge in [0.2, 0.25) is 0 Å². The first-order chi connectivity index (χ1) is 27.3. The van der Waals surface area contributed by atoms with E-state index < -0.39 is 63.8 Å². The second kappa shape index (κ2) is 21.7. The van der Waals surface area contributed by atoms with E-state index >= 15 is 8.78 Å². The lowest BCUT2D eigenvalue weighted by Gasteiger charge is -2.31. The number of hydrogen-bond donors (Lipinski definition) is 3. The van der Waals surface area contributed by atoms with Gasteiger partial charge in [-0.2, -0.15) is 0 Å². The molecule has 0 bridgehead atoms. The van der Waals surface area contributed by atoms with Crippen molar-refractivity contribution in [2.24, 2.45) is 5.92 Å². The van der Waals surface area contributed by atoms with E-state index in [0.29, 0.717) is 35.7 Å². The van der Waals surface area contributed by atoms with E-state index in [1.165, 1.54) is 13.0 Å². The van der Waals surface area contributed by atoms with E-state index in [9.17, 15) is 18.2 Å². The van der Waals surface area contributed by atoms with Crippen LogP contribution in [0.25, 0.3) is 11.1 Å². The standard InChI is InChI=1S/C41H58F3N5O4S3.C2H6.H2/c1-10-29-17-18-49(27-53-19-21-54(5,6)7)35(23-29)39(45)33-16-15-32(31(11-2)40(33)47-26-52-20-22-55(8,9)12-3)37-34(43)25-46-41(38(37)44)48-56(50,51)36-24-30(42)14-13-28(36)4;1-2;/h13-18,23-25,29,45,47H,10-12,19-22,26-27H2,1-9H3,(H,46,48);1-2H3;1H. The third kappa shape index (κ3) is 13.0. The Labute approximate surface area is 350 Å². The zero-order valence-corrected chi connectivity index (χ0v) is 38.5. The summed E-state index contributed by atoms with van der Waals surface area (Å²) >= 11 is 0. The third-order valence-electron chi connectivity index (χ3n) is 9.75. The van der Waals surface area contributed by atoms with Crippen LogP contribution < -0.4 is 10.0 Å². The molecule has 15 heteroatoms. The number of nitrogens with zero attached hydrogens (tertiary/aromatic N) is 2. The maximum absolute atomic E-state index is 16.5. The molecule has 0 amide bonds. The lowest BCUT2D eigenvalue weighted by atomic mass is 9.90. The molecule has 1 unspecified atom stereocenters. The number of aryl methyl sites for hydroxylation is 1. The molecule has 2 heterocycles. The number of aromatic nitrogens is 1. The summed E-state index contributed by atoms with van der Waals surface area (Å²) in [5.41, 5.74) is 2.16. The van der Waals surface area contributed by atoms with Gasteiger partial charge in [0.1, 0.15) is 19.3 Å². The van der Waals surface area contributed by atoms with Crippen molar-refractivity contribution in [1.82, 2.24) is 9.88 Å². The van der Waals surface area contributed by atoms with Gasteiger partial charge in [0.15, 0.2) is 17.5 Å². The summed E-state index contributed by atoms with van der Waals surface area (Å²) in [4.78, 5) is 5.25. The van der Waals surface area contributed by atoms with Gasteiger partial charge < -0.3 is 19.7 Å². The molecule has 0 spiro atoms. The summed E-state index contributed by atoms with van der Waals surface area (Å²) < 4.78 is 87.2. The van der Waals surface area contributed by atoms with Gasteiger partial charge in [-0.3, -0.25) is 10.1 Å². The lowest BCUT2D eigenvalue weighted by molar-refractivity contribution is 0.0820. The minimum absolute atomic E-state index is 0. The number of hydrogen-bond acceptors (Lipinski definition) is 8. The SMILES string of the molecule is CC.CCc1c(-c2c(F)cnc(NS(=O)(=O)c3cc(F)ccc3C)c2F)ccc(C(=N)C2=CC(CC)C=CN2COCCS(C)(C)C)c1NCOCCS(C)(C)CC.[HH]. The third-order valence-corrected chi connectivity index (χ3v) is 15.5. The van der Waals surface area contributed by atoms with Crippen LogP contribution in [0.15, 0.2) is 65.5 Å². The van der Waals surface area contributed by atoms with Crippen molar-refractivity contribution >= 4 is 47.3 Å². The first-order valence-electron chi connectivity index (χ1n) is 19.6. The van der Waals surface area contributed by atoms with E-state index in [4.69, 9.17) is 9.47 Å². The fourth-order valence-electron chi connectivity index (χ4n) is 5.97. The summed E-state index contributed by atoms with van der Waals surface area (Å²) in [6.45, 7) is 13.0. The number of sulfonamides is 1. The molecule has 4 rings (SSSR count). The van der Waals surface area contributed by atoms with E-state index in [0.717, 1.165) is 42.0 Å². The second-order valence-electron chi connectivity index (χ2n) is 15.2. The Balaban J connectivity index is 0.00000394. The summed E-state index contributed by atoms with van der Waals surface area (Å²) in [5, 5.41) is 13.0. The molecular formula is C43H66F3N5O4S3. The topological polar surface area (TPSA) is 117 Å². The first kappa shape index (κ1) is 48.9. The van der Waals surface area contributed by atoms with Crippen LogP contribution in [-0.2, 0) is 25.9 Å². The lowest BCUT2D eigenvalue weighted by Crippen LogP contribution is -2.30. The molecular weight excluding hydrogens is 804 g/mol. The van der Waals surface area contributed by atoms with E-state index in [-0.39, 0.29) is 44.1 Å². The molecule has 1 aromatic heterocycles. The van der Waals surface area contributed by atoms with Crippen LogP contribution in [-0.4, -0.2) is 99.2 Å². The van der Waals surface area contributed by atoms with Crippen molar-refractivity contribution < 1.29 is 32.5 Å². The number of allylic oxidation sites excluding steroid dienone is 3. The zero-order chi connectivity index (χ0) is 43.4. The highest BCUT2D eigenvalue weighted by molar-refractivity contribution is 8.32. The van der Waals surface area contributed by atoms with Crippen LogP contribution in [0.3, 0.4) is 0 Å². The van der Waals surface area contributed by atoms with Gasteiger partial charge in [0.05, 0.1) is 41.3 Å². The predicted molar refractivity (Wildman–Crippen MR) is 244 cm³/mol. The Morgan fingerprint density at radius 3 is 2.31 bits per heavy atom. The minimum Gasteiger partial charge on any atom is -0.362 e. The number of halogens is 3. The van der Waals surface area contributed by atoms with Crippen molar-refractivity contribution in [1.29, 1.82) is 5.41 Å². The van der Waals surface area contributed by atoms with Gasteiger partial charge in [-0.25, -0.2) is 46.6 Å². The molecule has 0 saturated carbocycles. The number of ether oxygens (including phenoxy) is 2. The largest absolute Gasteiger partial charge is 0.362 e. The van der Waals surface area contributed by atoms with Crippen LogP contribution in [0.4, 0.5) is 24.7 Å². The Morgan fingerprint density at radius 1 is 0.983 bits per heavy atom. The summed E-state index contributed by atoms with van der Waals surface area (Å²) in [6, 6.07) is 6.43. The van der Waals surface area contributed by atoms with Gasteiger partial charge in [0, 0.05) is 30.4 Å². The maximum Gasteiger partial charge on any atom is 0.263 e. The van der Waals surface area contributed by atoms with E-state index in [1.54, 1.807) is 12.1 Å². The van der Waals surface area contributed by atoms with Crippen molar-refractivity contribution in [3.8, 4) is 11.1 Å². The average Bonchev–Trinajstić information content (AvgIpc) is 3.18. The van der Waals surface area contributed by atoms with Crippen molar-refractivity contribution in [2.45, 2.75) is 59.3 Å². The van der Waals surface area contributed by atoms with E-state index in [1.807, 2.05) is 37.9 Å². The quantitative estimate of drug-likeness (QED) is 0.0588. The maximum atomic E-state index is 16.5. The summed E-state index contributed by atoms with van der Waals surface area (Å²) in [6.07, 6.45) is 19.1. The fraction of sp³-hybridized carbons (Fsp3) is 0.488. The number of pyridine rings is 1. The molecule has 58 heavy (non-hydrogen) atoms. The first-order valence-corrected chi connectivity index (χ1v) is 26.9. The Bertz CT molecular complexity index is 2060. The molecule has 3 aromatic rings. The number of anilines is 2. The molecule has 2 aromatic carbocycles. The molecule has 9 nitrogen and oxygen atoms in total. The molecule has 1 aliphatic heterocycles. The van der Waals surface area contributed by atoms with Gasteiger partial charge >= 0.3 is 0 Å². The molecule has 0 saturated heterocycles. The molecule has 3 N–H and O–H groups in total. The minimum atomic E-state index is -4.51. The predicted octanol–water partition coefficient (Wildman–Crippen LogP) is 10.4. The van der Waals surface area contributed by atoms with Crippen LogP contribution in [0, 0.1) is 35.7 Å². The highest BCUT2D eigenvalue weighted by Crippen LogP contribution is 2.40. The molecule has 0 aliphatic carbocycles. The van der Waals surface area contributed by atoms with Crippen molar-refractivity contribution in [3.63, 3.8) is 0 Å². The molecule has 1 aliphatic rings. The van der Waals surface area contributed by atoms with Gasteiger partial charge in [-0.1, -0.05) is 65.0 Å². The van der Waals surface area contributed by atoms with Gasteiger partial charge in [0.25, 0.3) is 10.0 Å². The van der Waals surface area contributed by atoms with Crippen LogP contribution in [0.2, 0.25) is 0 Å². The van der Waals surface area contributed by atoms with Crippen LogP contribution >= 0.6 is 20.1 Å². The highest BCUT2D eigenvalue weighted by Gasteiger charge is 2.28. The molecule has 0 radical (unpaired) electrons. The van der Waals surface area contributed by atoms with E-state index in [2.05, 4.69) is 66.2 Å². The average molecular weight is 870 g/mol. The molecule has 0 fully saturated rings. The summed E-state index contributed by atoms with van der Waals surface area (Å²) in [7, 11) is -6.07. The number of rotatable bonds is 20. The Hall–Kier alpha value is -3.50.